The maximum atomic E-state index is 12.3. The normalized spacial score (nSPS) is 13.6. The number of carbonyl (C=O) groups is 3. The lowest BCUT2D eigenvalue weighted by Crippen LogP contribution is -2.39. The van der Waals surface area contributed by atoms with Crippen molar-refractivity contribution in [2.24, 2.45) is 0 Å². The number of amides is 2. The number of ether oxygens (including phenoxy) is 3. The van der Waals surface area contributed by atoms with E-state index in [1.165, 1.54) is 0 Å². The number of rotatable bonds is 9. The van der Waals surface area contributed by atoms with Crippen LogP contribution in [0.25, 0.3) is 0 Å². The van der Waals surface area contributed by atoms with Gasteiger partial charge in [-0.1, -0.05) is 0 Å². The molecule has 1 aliphatic heterocycles. The molecule has 154 valence electrons. The third kappa shape index (κ3) is 6.44. The minimum atomic E-state index is -0.658. The van der Waals surface area contributed by atoms with Gasteiger partial charge in [-0.3, -0.25) is 14.4 Å². The summed E-state index contributed by atoms with van der Waals surface area (Å²) in [7, 11) is 0. The number of carbonyl (C=O) groups excluding carboxylic acids is 3. The van der Waals surface area contributed by atoms with Crippen LogP contribution in [0.3, 0.4) is 0 Å². The van der Waals surface area contributed by atoms with Gasteiger partial charge in [0, 0.05) is 18.7 Å². The molecule has 1 fully saturated rings. The summed E-state index contributed by atoms with van der Waals surface area (Å²) >= 11 is 0. The van der Waals surface area contributed by atoms with Crippen LogP contribution < -0.4 is 14.8 Å². The predicted octanol–water partition coefficient (Wildman–Crippen LogP) is 1.77. The predicted molar refractivity (Wildman–Crippen MR) is 103 cm³/mol. The second kappa shape index (κ2) is 11.2. The largest absolute Gasteiger partial charge is 0.490 e. The van der Waals surface area contributed by atoms with E-state index in [4.69, 9.17) is 14.2 Å². The first-order chi connectivity index (χ1) is 13.5. The molecule has 0 unspecified atom stereocenters. The first-order valence-electron chi connectivity index (χ1n) is 9.66. The molecule has 1 aromatic rings. The fourth-order valence-corrected chi connectivity index (χ4v) is 2.87. The second-order valence-corrected chi connectivity index (χ2v) is 6.31. The first kappa shape index (κ1) is 21.5. The summed E-state index contributed by atoms with van der Waals surface area (Å²) in [4.78, 5) is 37.8. The number of benzene rings is 1. The van der Waals surface area contributed by atoms with Crippen molar-refractivity contribution in [3.8, 4) is 11.5 Å². The molecule has 1 saturated heterocycles. The van der Waals surface area contributed by atoms with Crippen molar-refractivity contribution in [1.82, 2.24) is 10.2 Å². The van der Waals surface area contributed by atoms with Gasteiger partial charge in [-0.05, 0) is 51.3 Å². The van der Waals surface area contributed by atoms with E-state index in [0.717, 1.165) is 19.3 Å². The number of nitrogens with zero attached hydrogens (tertiary/aromatic N) is 1. The van der Waals surface area contributed by atoms with Crippen LogP contribution in [0.15, 0.2) is 18.2 Å². The Kier molecular flexibility index (Phi) is 8.58. The molecule has 8 heteroatoms. The van der Waals surface area contributed by atoms with E-state index in [1.54, 1.807) is 23.1 Å². The third-order valence-electron chi connectivity index (χ3n) is 4.26. The Balaban J connectivity index is 1.81. The Bertz CT molecular complexity index is 685. The quantitative estimate of drug-likeness (QED) is 0.644. The van der Waals surface area contributed by atoms with E-state index in [2.05, 4.69) is 5.32 Å². The number of piperidine rings is 1. The van der Waals surface area contributed by atoms with Crippen molar-refractivity contribution in [1.29, 1.82) is 0 Å². The van der Waals surface area contributed by atoms with Crippen LogP contribution in [0, 0.1) is 0 Å². The van der Waals surface area contributed by atoms with Gasteiger partial charge in [0.25, 0.3) is 11.8 Å². The third-order valence-corrected chi connectivity index (χ3v) is 4.26. The summed E-state index contributed by atoms with van der Waals surface area (Å²) in [5.41, 5.74) is 0.337. The van der Waals surface area contributed by atoms with Crippen molar-refractivity contribution in [3.63, 3.8) is 0 Å². The van der Waals surface area contributed by atoms with E-state index in [1.807, 2.05) is 13.8 Å². The van der Waals surface area contributed by atoms with E-state index < -0.39 is 11.9 Å². The van der Waals surface area contributed by atoms with Gasteiger partial charge in [-0.15, -0.1) is 0 Å². The molecule has 8 nitrogen and oxygen atoms in total. The Morgan fingerprint density at radius 1 is 1.00 bits per heavy atom. The van der Waals surface area contributed by atoms with Crippen molar-refractivity contribution in [2.75, 3.05) is 39.5 Å². The highest BCUT2D eigenvalue weighted by Crippen LogP contribution is 2.28. The number of esters is 1. The summed E-state index contributed by atoms with van der Waals surface area (Å²) in [5, 5.41) is 2.49. The van der Waals surface area contributed by atoms with E-state index in [9.17, 15) is 14.4 Å². The zero-order chi connectivity index (χ0) is 20.4. The molecule has 1 heterocycles. The van der Waals surface area contributed by atoms with Crippen LogP contribution in [0.4, 0.5) is 0 Å². The summed E-state index contributed by atoms with van der Waals surface area (Å²) in [6.07, 6.45) is 3.06. The molecular weight excluding hydrogens is 364 g/mol. The molecule has 0 aliphatic carbocycles. The molecule has 0 spiro atoms. The van der Waals surface area contributed by atoms with E-state index >= 15 is 0 Å². The van der Waals surface area contributed by atoms with Crippen LogP contribution in [0.2, 0.25) is 0 Å². The van der Waals surface area contributed by atoms with Crippen LogP contribution in [0.1, 0.15) is 43.5 Å². The number of hydrogen-bond donors (Lipinski definition) is 1. The molecule has 1 N–H and O–H groups in total. The fraction of sp³-hybridized carbons (Fsp3) is 0.550. The lowest BCUT2D eigenvalue weighted by molar-refractivity contribution is -0.151. The molecule has 1 aromatic carbocycles. The van der Waals surface area contributed by atoms with E-state index in [-0.39, 0.29) is 19.1 Å². The highest BCUT2D eigenvalue weighted by atomic mass is 16.5. The van der Waals surface area contributed by atoms with Gasteiger partial charge in [0.15, 0.2) is 18.1 Å². The number of likely N-dealkylation sites (tertiary alicyclic amines) is 1. The van der Waals surface area contributed by atoms with Crippen LogP contribution >= 0.6 is 0 Å². The molecule has 2 rings (SSSR count). The van der Waals surface area contributed by atoms with Gasteiger partial charge in [-0.2, -0.15) is 0 Å². The zero-order valence-corrected chi connectivity index (χ0v) is 16.5. The second-order valence-electron chi connectivity index (χ2n) is 6.31. The Morgan fingerprint density at radius 2 is 1.68 bits per heavy atom. The standard InChI is InChI=1S/C20H28N2O6/c1-3-26-16-9-8-15(12-17(16)27-4-2)20(25)21-13-19(24)28-14-18(23)22-10-6-5-7-11-22/h8-9,12H,3-7,10-11,13-14H2,1-2H3,(H,21,25). The van der Waals surface area contributed by atoms with Gasteiger partial charge in [0.1, 0.15) is 6.54 Å². The van der Waals surface area contributed by atoms with Gasteiger partial charge in [-0.25, -0.2) is 0 Å². The Labute approximate surface area is 165 Å². The smallest absolute Gasteiger partial charge is 0.325 e. The first-order valence-corrected chi connectivity index (χ1v) is 9.66. The molecule has 1 aliphatic rings. The average Bonchev–Trinajstić information content (AvgIpc) is 2.72. The Hall–Kier alpha value is -2.77. The average molecular weight is 392 g/mol. The van der Waals surface area contributed by atoms with Crippen molar-refractivity contribution >= 4 is 17.8 Å². The van der Waals surface area contributed by atoms with Gasteiger partial charge in [0.05, 0.1) is 13.2 Å². The summed E-state index contributed by atoms with van der Waals surface area (Å²) in [6, 6.07) is 4.81. The van der Waals surface area contributed by atoms with Crippen LogP contribution in [0.5, 0.6) is 11.5 Å². The monoisotopic (exact) mass is 392 g/mol. The van der Waals surface area contributed by atoms with Crippen LogP contribution in [-0.2, 0) is 14.3 Å². The number of nitrogens with one attached hydrogen (secondary N) is 1. The van der Waals surface area contributed by atoms with Gasteiger partial charge < -0.3 is 24.4 Å². The fourth-order valence-electron chi connectivity index (χ4n) is 2.87. The maximum absolute atomic E-state index is 12.3. The molecule has 28 heavy (non-hydrogen) atoms. The molecule has 0 saturated carbocycles. The molecule has 0 aromatic heterocycles. The van der Waals surface area contributed by atoms with Crippen molar-refractivity contribution in [3.05, 3.63) is 23.8 Å². The number of hydrogen-bond acceptors (Lipinski definition) is 6. The SMILES string of the molecule is CCOc1ccc(C(=O)NCC(=O)OCC(=O)N2CCCCC2)cc1OCC. The van der Waals surface area contributed by atoms with Crippen molar-refractivity contribution < 1.29 is 28.6 Å². The Morgan fingerprint density at radius 3 is 2.36 bits per heavy atom. The lowest BCUT2D eigenvalue weighted by Gasteiger charge is -2.26. The molecule has 2 amide bonds. The highest BCUT2D eigenvalue weighted by Gasteiger charge is 2.18. The van der Waals surface area contributed by atoms with Gasteiger partial charge >= 0.3 is 5.97 Å². The van der Waals surface area contributed by atoms with E-state index in [0.29, 0.717) is 43.4 Å². The molecule has 0 atom stereocenters. The van der Waals surface area contributed by atoms with Crippen LogP contribution in [-0.4, -0.2) is 62.1 Å². The molecule has 0 radical (unpaired) electrons. The van der Waals surface area contributed by atoms with Crippen molar-refractivity contribution in [2.45, 2.75) is 33.1 Å². The minimum Gasteiger partial charge on any atom is -0.490 e. The summed E-state index contributed by atoms with van der Waals surface area (Å²) < 4.78 is 15.9. The molecular formula is C20H28N2O6. The maximum Gasteiger partial charge on any atom is 0.325 e. The topological polar surface area (TPSA) is 94.2 Å². The zero-order valence-electron chi connectivity index (χ0n) is 16.5. The summed E-state index contributed by atoms with van der Waals surface area (Å²) in [6.45, 7) is 5.40. The minimum absolute atomic E-state index is 0.202. The molecule has 0 bridgehead atoms. The lowest BCUT2D eigenvalue weighted by atomic mass is 10.1. The summed E-state index contributed by atoms with van der Waals surface area (Å²) in [5.74, 6) is -0.284. The van der Waals surface area contributed by atoms with Gasteiger partial charge in [0.2, 0.25) is 0 Å². The highest BCUT2D eigenvalue weighted by molar-refractivity contribution is 5.96.